The molecule has 14 N–H and O–H groups in total. The molecular weight excluding hydrogens is 1500 g/mol. The molecule has 3 aromatic carbocycles. The third-order valence-electron chi connectivity index (χ3n) is 24.2. The Morgan fingerprint density at radius 3 is 2.47 bits per heavy atom. The van der Waals surface area contributed by atoms with Crippen molar-refractivity contribution < 1.29 is 88.2 Å². The van der Waals surface area contributed by atoms with Gasteiger partial charge in [0.25, 0.3) is 17.9 Å². The summed E-state index contributed by atoms with van der Waals surface area (Å²) in [6.45, 7) is 7.16. The van der Waals surface area contributed by atoms with Gasteiger partial charge in [-0.15, -0.1) is 5.10 Å². The predicted octanol–water partition coefficient (Wildman–Crippen LogP) is 1.53. The standard InChI is InChI=1S/C77H95N15O19S2/c1-5-73(105)34-43-35-75(40-108-41-93,61-49(18-23-90(37-43)39-73)48-10-7-8-11-52(48)82-61)51-32-50-53(33-55(51)107-4)89(3)68-76(50)20-24-91-22-9-19-74(6-2,67(76)91)69(102)77(68,106)70(103)86-87-72(104)110-27-29-113-112-28-21-79-63(98)45(30-47-38-92(88-85-47)25-26-109-66-59(97)57(95)58(96)60(111-66)65(100)101)31-54(94)44-15-12-42(13-16-44)14-17-46-36-80-62-56(81-46)64(99)84-71(78)83-62/h7-13,15-16,19,32-33,36,38,41,43,45,57-60,66-69,82,95-97,102,105-106H,5-6,14,17-18,20-31,34-35,37,39-40H2,1-4H3,(H,79,98)(H,86,103)(H,87,104)(H,100,101)(H3,78,80,83,84,99)/t43-,45-,57+,58+,59?,60?,66-,67+,68-,69-,73+,74-,75+,76-,77+/m1/s1. The van der Waals surface area contributed by atoms with E-state index in [-0.39, 0.29) is 80.3 Å². The Bertz CT molecular complexity index is 4820. The third kappa shape index (κ3) is 15.1. The number of benzene rings is 3. The number of likely N-dealkylation sites (N-methyl/N-ethyl adjacent to an activating group) is 1. The average molecular weight is 1600 g/mol. The Labute approximate surface area is 656 Å². The SMILES string of the molecule is CC[C@]1(O)C[C@H]2CN(CCc3c([nH]c4ccccc34)[C@@](COC=O)(c3cc4c(cc3OC)N(C)[C@H]3[C@@](O)(C(=O)NNC(=O)OCCSSCCNC(=O)[C@@H](CC(=O)c5ccc(CCc6cnc7nc(N)[nH]c(=O)c7n6)cc5)Cc5cn(CCO[C@@H]6OC(C(=O)O)[C@@H](O)[C@H](O)C6O)nn5)[C@H](O)[C@]5(CC)C=CCN6CC[C@]43[C@@H]65)C2)C1. The van der Waals surface area contributed by atoms with E-state index < -0.39 is 112 Å². The van der Waals surface area contributed by atoms with Crippen molar-refractivity contribution in [2.24, 2.45) is 17.3 Å². The van der Waals surface area contributed by atoms with E-state index in [0.29, 0.717) is 125 Å². The van der Waals surface area contributed by atoms with E-state index >= 15 is 4.79 Å². The Kier molecular flexibility index (Phi) is 23.5. The number of amides is 3. The molecule has 4 aromatic heterocycles. The van der Waals surface area contributed by atoms with Gasteiger partial charge in [-0.1, -0.05) is 95.3 Å². The monoisotopic (exact) mass is 1600 g/mol. The molecule has 3 unspecified atom stereocenters. The van der Waals surface area contributed by atoms with Crippen LogP contribution in [0.25, 0.3) is 22.1 Å². The van der Waals surface area contributed by atoms with Gasteiger partial charge in [0.1, 0.15) is 43.4 Å². The number of hydrogen-bond donors (Lipinski definition) is 13. The number of carboxylic acids is 1. The highest BCUT2D eigenvalue weighted by Gasteiger charge is 2.79. The number of nitrogens with zero attached hydrogens (tertiary/aromatic N) is 9. The topological polar surface area (TPSA) is 480 Å². The molecule has 3 amide bonds. The number of rotatable bonds is 29. The van der Waals surface area contributed by atoms with Crippen LogP contribution >= 0.6 is 21.6 Å². The first-order valence-electron chi connectivity index (χ1n) is 38.0. The van der Waals surface area contributed by atoms with E-state index in [2.05, 4.69) is 73.3 Å². The number of H-pyrrole nitrogens is 2. The number of hydrazine groups is 1. The highest BCUT2D eigenvalue weighted by molar-refractivity contribution is 8.76. The van der Waals surface area contributed by atoms with E-state index in [1.165, 1.54) is 38.7 Å². The second-order valence-electron chi connectivity index (χ2n) is 30.7. The molecule has 14 rings (SSSR count). The smallest absolute Gasteiger partial charge is 0.426 e. The molecule has 604 valence electrons. The lowest BCUT2D eigenvalue weighted by Gasteiger charge is -2.63. The maximum atomic E-state index is 15.3. The summed E-state index contributed by atoms with van der Waals surface area (Å²) in [5, 5.41) is 91.4. The number of nitrogens with two attached hydrogens (primary N) is 1. The lowest BCUT2D eigenvalue weighted by atomic mass is 9.47. The van der Waals surface area contributed by atoms with Gasteiger partial charge in [-0.25, -0.2) is 29.7 Å². The van der Waals surface area contributed by atoms with Gasteiger partial charge in [-0.3, -0.25) is 44.2 Å². The molecule has 4 fully saturated rings. The Morgan fingerprint density at radius 1 is 0.903 bits per heavy atom. The van der Waals surface area contributed by atoms with Crippen molar-refractivity contribution in [3.63, 3.8) is 0 Å². The number of Topliss-reactive ketones (excluding diaryl/α,β-unsaturated/α-hetero) is 1. The summed E-state index contributed by atoms with van der Waals surface area (Å²) in [6, 6.07) is 17.5. The molecule has 16 atom stereocenters. The number of aromatic nitrogens is 8. The highest BCUT2D eigenvalue weighted by atomic mass is 33.1. The number of fused-ring (bicyclic) bond motifs is 7. The fourth-order valence-electron chi connectivity index (χ4n) is 19.0. The minimum Gasteiger partial charge on any atom is -0.496 e. The predicted molar refractivity (Wildman–Crippen MR) is 412 cm³/mol. The summed E-state index contributed by atoms with van der Waals surface area (Å²) in [6.07, 6.45) is -1.23. The van der Waals surface area contributed by atoms with Crippen molar-refractivity contribution in [3.05, 3.63) is 140 Å². The van der Waals surface area contributed by atoms with E-state index in [1.54, 1.807) is 38.4 Å². The summed E-state index contributed by atoms with van der Waals surface area (Å²) in [7, 11) is 6.09. The van der Waals surface area contributed by atoms with Gasteiger partial charge < -0.3 is 80.4 Å². The molecular formula is C77H95N15O19S2. The summed E-state index contributed by atoms with van der Waals surface area (Å²) < 4.78 is 30.2. The number of piperidine rings is 1. The number of carbonyl (C=O) groups is 6. The van der Waals surface area contributed by atoms with Crippen LogP contribution in [-0.2, 0) is 81.2 Å². The molecule has 0 radical (unpaired) electrons. The number of carboxylic acid groups (broad SMARTS) is 1. The number of anilines is 2. The normalized spacial score (nSPS) is 29.2. The molecule has 10 heterocycles. The first kappa shape index (κ1) is 80.4. The van der Waals surface area contributed by atoms with Crippen LogP contribution in [0.4, 0.5) is 16.4 Å². The molecule has 7 aliphatic rings. The van der Waals surface area contributed by atoms with Gasteiger partial charge in [0.2, 0.25) is 11.9 Å². The number of ketones is 1. The van der Waals surface area contributed by atoms with Gasteiger partial charge in [0.05, 0.1) is 60.8 Å². The molecule has 2 bridgehead atoms. The molecule has 3 saturated heterocycles. The van der Waals surface area contributed by atoms with Crippen molar-refractivity contribution in [1.29, 1.82) is 0 Å². The van der Waals surface area contributed by atoms with E-state index in [0.717, 1.165) is 38.9 Å². The van der Waals surface area contributed by atoms with Gasteiger partial charge in [0.15, 0.2) is 34.9 Å². The molecule has 7 aromatic rings. The van der Waals surface area contributed by atoms with Crippen molar-refractivity contribution >= 4 is 91.4 Å². The zero-order chi connectivity index (χ0) is 79.9. The number of ether oxygens (including phenoxy) is 5. The molecule has 1 saturated carbocycles. The lowest BCUT2D eigenvalue weighted by molar-refractivity contribution is -0.294. The van der Waals surface area contributed by atoms with E-state index in [4.69, 9.17) is 29.4 Å². The van der Waals surface area contributed by atoms with Crippen LogP contribution in [0, 0.1) is 17.3 Å². The second-order valence-corrected chi connectivity index (χ2v) is 33.4. The van der Waals surface area contributed by atoms with Crippen LogP contribution in [0.1, 0.15) is 102 Å². The number of aliphatic hydroxyl groups excluding tert-OH is 4. The lowest BCUT2D eigenvalue weighted by Crippen LogP contribution is -2.82. The quantitative estimate of drug-likeness (QED) is 0.00789. The molecule has 36 heteroatoms. The van der Waals surface area contributed by atoms with Crippen LogP contribution in [0.15, 0.2) is 90.0 Å². The van der Waals surface area contributed by atoms with Gasteiger partial charge in [-0.05, 0) is 92.7 Å². The highest BCUT2D eigenvalue weighted by Crippen LogP contribution is 2.68. The fourth-order valence-corrected chi connectivity index (χ4v) is 20.8. The average Bonchev–Trinajstić information content (AvgIpc) is 1.47. The van der Waals surface area contributed by atoms with Crippen LogP contribution < -0.4 is 37.1 Å². The maximum Gasteiger partial charge on any atom is 0.426 e. The summed E-state index contributed by atoms with van der Waals surface area (Å²) in [5.41, 5.74) is 10.3. The number of hydrogen-bond acceptors (Lipinski definition) is 29. The minimum atomic E-state index is -2.61. The number of aliphatic hydroxyl groups is 6. The van der Waals surface area contributed by atoms with Crippen LogP contribution in [0.5, 0.6) is 5.75 Å². The minimum absolute atomic E-state index is 0.00821. The number of para-hydroxylation sites is 1. The van der Waals surface area contributed by atoms with Crippen LogP contribution in [-0.4, -0.2) is 266 Å². The molecule has 34 nitrogen and oxygen atoms in total. The Balaban J connectivity index is 0.623. The van der Waals surface area contributed by atoms with E-state index in [9.17, 15) is 64.5 Å². The first-order valence-corrected chi connectivity index (χ1v) is 40.5. The summed E-state index contributed by atoms with van der Waals surface area (Å²) in [4.78, 5) is 119. The number of methoxy groups -OCH3 is 1. The summed E-state index contributed by atoms with van der Waals surface area (Å²) in [5.74, 6) is -3.42. The molecule has 6 aliphatic heterocycles. The van der Waals surface area contributed by atoms with Gasteiger partial charge in [0, 0.05) is 127 Å². The number of carbonyl (C=O) groups excluding carboxylic acids is 5. The number of nitrogens with one attached hydrogen (secondary N) is 5. The van der Waals surface area contributed by atoms with Crippen molar-refractivity contribution in [2.45, 2.75) is 156 Å². The van der Waals surface area contributed by atoms with Crippen molar-refractivity contribution in [2.75, 3.05) is 95.4 Å². The van der Waals surface area contributed by atoms with Gasteiger partial charge in [-0.2, -0.15) is 4.98 Å². The zero-order valence-corrected chi connectivity index (χ0v) is 64.6. The van der Waals surface area contributed by atoms with Crippen LogP contribution in [0.3, 0.4) is 0 Å². The largest absolute Gasteiger partial charge is 0.496 e. The number of aromatic amines is 2. The summed E-state index contributed by atoms with van der Waals surface area (Å²) >= 11 is 0. The molecule has 1 aliphatic carbocycles. The number of aryl methyl sites for hydroxylation is 2. The molecule has 1 spiro atoms. The van der Waals surface area contributed by atoms with Crippen molar-refractivity contribution in [3.8, 4) is 5.75 Å². The third-order valence-corrected chi connectivity index (χ3v) is 26.5. The Morgan fingerprint density at radius 2 is 1.70 bits per heavy atom. The number of aliphatic carboxylic acids is 1. The zero-order valence-electron chi connectivity index (χ0n) is 62.9. The number of nitrogen functional groups attached to an aromatic ring is 1. The second kappa shape index (κ2) is 33.0. The van der Waals surface area contributed by atoms with Crippen LogP contribution in [0.2, 0.25) is 0 Å². The first-order chi connectivity index (χ1) is 54.3. The van der Waals surface area contributed by atoms with Crippen molar-refractivity contribution in [1.82, 2.24) is 65.9 Å². The molecule has 113 heavy (non-hydrogen) atoms. The van der Waals surface area contributed by atoms with Gasteiger partial charge >= 0.3 is 12.1 Å². The maximum absolute atomic E-state index is 15.3. The Hall–Kier alpha value is -9.18. The van der Waals surface area contributed by atoms with E-state index in [1.807, 2.05) is 55.2 Å². The fraction of sp³-hybridized carbons (Fsp3) is 0.532.